The first-order valence-electron chi connectivity index (χ1n) is 6.95. The fourth-order valence-corrected chi connectivity index (χ4v) is 2.31. The van der Waals surface area contributed by atoms with E-state index in [2.05, 4.69) is 15.6 Å². The molecule has 1 aliphatic rings. The number of likely N-dealkylation sites (tertiary alicyclic amines) is 1. The number of carbonyl (C=O) groups excluding carboxylic acids is 2. The number of methoxy groups -OCH3 is 1. The Kier molecular flexibility index (Phi) is 5.36. The number of ether oxygens (including phenoxy) is 1. The van der Waals surface area contributed by atoms with Crippen LogP contribution in [0.3, 0.4) is 0 Å². The molecule has 1 atom stereocenters. The fraction of sp³-hybridized carbons (Fsp3) is 0.500. The molecule has 1 aliphatic heterocycles. The second-order valence-corrected chi connectivity index (χ2v) is 4.94. The Bertz CT molecular complexity index is 480. The molecule has 0 bridgehead atoms. The summed E-state index contributed by atoms with van der Waals surface area (Å²) in [4.78, 5) is 28.9. The van der Waals surface area contributed by atoms with Crippen LogP contribution in [0.15, 0.2) is 24.5 Å². The Hall–Kier alpha value is -2.31. The molecular weight excluding hydrogens is 272 g/mol. The number of pyridine rings is 1. The Morgan fingerprint density at radius 2 is 2.19 bits per heavy atom. The highest BCUT2D eigenvalue weighted by Crippen LogP contribution is 2.11. The van der Waals surface area contributed by atoms with E-state index in [1.807, 2.05) is 12.1 Å². The number of nitrogens with zero attached hydrogens (tertiary/aromatic N) is 2. The summed E-state index contributed by atoms with van der Waals surface area (Å²) < 4.78 is 4.70. The van der Waals surface area contributed by atoms with E-state index in [9.17, 15) is 9.59 Å². The summed E-state index contributed by atoms with van der Waals surface area (Å²) >= 11 is 0. The van der Waals surface area contributed by atoms with Crippen molar-refractivity contribution in [3.63, 3.8) is 0 Å². The summed E-state index contributed by atoms with van der Waals surface area (Å²) in [6.45, 7) is 1.60. The molecule has 7 heteroatoms. The number of aromatic nitrogens is 1. The molecule has 0 aliphatic carbocycles. The van der Waals surface area contributed by atoms with Crippen LogP contribution in [0.25, 0.3) is 0 Å². The minimum atomic E-state index is -0.348. The monoisotopic (exact) mass is 292 g/mol. The van der Waals surface area contributed by atoms with Crippen molar-refractivity contribution in [3.8, 4) is 0 Å². The number of piperidine rings is 1. The normalized spacial score (nSPS) is 18.0. The lowest BCUT2D eigenvalue weighted by atomic mass is 10.1. The van der Waals surface area contributed by atoms with Crippen molar-refractivity contribution in [2.45, 2.75) is 25.4 Å². The summed E-state index contributed by atoms with van der Waals surface area (Å²) in [6.07, 6.45) is 4.73. The highest BCUT2D eigenvalue weighted by molar-refractivity contribution is 5.74. The predicted octanol–water partition coefficient (Wildman–Crippen LogP) is 1.11. The highest BCUT2D eigenvalue weighted by atomic mass is 16.5. The van der Waals surface area contributed by atoms with Gasteiger partial charge in [0.1, 0.15) is 0 Å². The number of hydrogen-bond donors (Lipinski definition) is 2. The van der Waals surface area contributed by atoms with E-state index in [0.29, 0.717) is 19.6 Å². The molecule has 0 aromatic carbocycles. The Labute approximate surface area is 123 Å². The molecule has 2 heterocycles. The lowest BCUT2D eigenvalue weighted by Crippen LogP contribution is -2.51. The largest absolute Gasteiger partial charge is 0.453 e. The zero-order valence-electron chi connectivity index (χ0n) is 12.0. The van der Waals surface area contributed by atoms with Gasteiger partial charge in [0, 0.05) is 38.1 Å². The third-order valence-corrected chi connectivity index (χ3v) is 3.39. The van der Waals surface area contributed by atoms with Crippen LogP contribution in [0.4, 0.5) is 9.59 Å². The molecule has 1 saturated heterocycles. The van der Waals surface area contributed by atoms with Crippen LogP contribution in [-0.2, 0) is 11.3 Å². The molecule has 1 unspecified atom stereocenters. The predicted molar refractivity (Wildman–Crippen MR) is 76.6 cm³/mol. The minimum absolute atomic E-state index is 0.0460. The maximum Gasteiger partial charge on any atom is 0.409 e. The lowest BCUT2D eigenvalue weighted by Gasteiger charge is -2.32. The third kappa shape index (κ3) is 4.62. The van der Waals surface area contributed by atoms with E-state index in [0.717, 1.165) is 18.4 Å². The van der Waals surface area contributed by atoms with Gasteiger partial charge in [0.2, 0.25) is 0 Å². The van der Waals surface area contributed by atoms with Gasteiger partial charge < -0.3 is 20.3 Å². The SMILES string of the molecule is COC(=O)N1CCCC(NC(=O)NCc2ccncc2)C1. The van der Waals surface area contributed by atoms with Gasteiger partial charge in [-0.25, -0.2) is 9.59 Å². The molecule has 2 rings (SSSR count). The zero-order valence-corrected chi connectivity index (χ0v) is 12.0. The van der Waals surface area contributed by atoms with Crippen molar-refractivity contribution in [3.05, 3.63) is 30.1 Å². The van der Waals surface area contributed by atoms with Crippen LogP contribution >= 0.6 is 0 Å². The van der Waals surface area contributed by atoms with Crippen LogP contribution in [0.5, 0.6) is 0 Å². The summed E-state index contributed by atoms with van der Waals surface area (Å²) in [5, 5.41) is 5.67. The van der Waals surface area contributed by atoms with E-state index < -0.39 is 0 Å². The first-order valence-corrected chi connectivity index (χ1v) is 6.95. The van der Waals surface area contributed by atoms with E-state index in [1.54, 1.807) is 17.3 Å². The average Bonchev–Trinajstić information content (AvgIpc) is 2.53. The molecule has 21 heavy (non-hydrogen) atoms. The van der Waals surface area contributed by atoms with Crippen LogP contribution < -0.4 is 10.6 Å². The van der Waals surface area contributed by atoms with Gasteiger partial charge in [-0.3, -0.25) is 4.98 Å². The van der Waals surface area contributed by atoms with Crippen molar-refractivity contribution in [2.75, 3.05) is 20.2 Å². The molecule has 0 radical (unpaired) electrons. The highest BCUT2D eigenvalue weighted by Gasteiger charge is 2.24. The van der Waals surface area contributed by atoms with Crippen molar-refractivity contribution in [1.82, 2.24) is 20.5 Å². The molecule has 2 N–H and O–H groups in total. The van der Waals surface area contributed by atoms with Crippen LogP contribution in [0.1, 0.15) is 18.4 Å². The van der Waals surface area contributed by atoms with Gasteiger partial charge in [-0.2, -0.15) is 0 Å². The van der Waals surface area contributed by atoms with Crippen LogP contribution in [0.2, 0.25) is 0 Å². The Balaban J connectivity index is 1.76. The van der Waals surface area contributed by atoms with E-state index in [-0.39, 0.29) is 18.2 Å². The number of carbonyl (C=O) groups is 2. The summed E-state index contributed by atoms with van der Waals surface area (Å²) in [6, 6.07) is 3.42. The summed E-state index contributed by atoms with van der Waals surface area (Å²) in [7, 11) is 1.36. The fourth-order valence-electron chi connectivity index (χ4n) is 2.31. The van der Waals surface area contributed by atoms with Gasteiger partial charge in [0.25, 0.3) is 0 Å². The molecule has 3 amide bonds. The van der Waals surface area contributed by atoms with Crippen molar-refractivity contribution in [2.24, 2.45) is 0 Å². The first-order chi connectivity index (χ1) is 10.2. The summed E-state index contributed by atoms with van der Waals surface area (Å²) in [5.41, 5.74) is 0.986. The van der Waals surface area contributed by atoms with Gasteiger partial charge in [0.15, 0.2) is 0 Å². The van der Waals surface area contributed by atoms with Crippen LogP contribution in [-0.4, -0.2) is 48.2 Å². The second-order valence-electron chi connectivity index (χ2n) is 4.94. The van der Waals surface area contributed by atoms with Gasteiger partial charge in [0.05, 0.1) is 7.11 Å². The number of rotatable bonds is 3. The minimum Gasteiger partial charge on any atom is -0.453 e. The molecule has 0 spiro atoms. The second kappa shape index (κ2) is 7.47. The molecule has 7 nitrogen and oxygen atoms in total. The summed E-state index contributed by atoms with van der Waals surface area (Å²) in [5.74, 6) is 0. The topological polar surface area (TPSA) is 83.6 Å². The third-order valence-electron chi connectivity index (χ3n) is 3.39. The maximum atomic E-state index is 11.9. The van der Waals surface area contributed by atoms with Gasteiger partial charge in [-0.15, -0.1) is 0 Å². The van der Waals surface area contributed by atoms with Crippen molar-refractivity contribution >= 4 is 12.1 Å². The molecular formula is C14H20N4O3. The Morgan fingerprint density at radius 1 is 1.43 bits per heavy atom. The smallest absolute Gasteiger partial charge is 0.409 e. The van der Waals surface area contributed by atoms with Crippen molar-refractivity contribution in [1.29, 1.82) is 0 Å². The number of hydrogen-bond acceptors (Lipinski definition) is 4. The average molecular weight is 292 g/mol. The quantitative estimate of drug-likeness (QED) is 0.874. The standard InChI is InChI=1S/C14H20N4O3/c1-21-14(20)18-8-2-3-12(10-18)17-13(19)16-9-11-4-6-15-7-5-11/h4-7,12H,2-3,8-10H2,1H3,(H2,16,17,19). The van der Waals surface area contributed by atoms with Crippen LogP contribution in [0, 0.1) is 0 Å². The van der Waals surface area contributed by atoms with E-state index in [4.69, 9.17) is 4.74 Å². The lowest BCUT2D eigenvalue weighted by molar-refractivity contribution is 0.108. The molecule has 114 valence electrons. The number of nitrogens with one attached hydrogen (secondary N) is 2. The number of amides is 3. The molecule has 0 saturated carbocycles. The van der Waals surface area contributed by atoms with Gasteiger partial charge in [-0.05, 0) is 30.5 Å². The van der Waals surface area contributed by atoms with Gasteiger partial charge >= 0.3 is 12.1 Å². The molecule has 1 fully saturated rings. The zero-order chi connectivity index (χ0) is 15.1. The van der Waals surface area contributed by atoms with E-state index in [1.165, 1.54) is 7.11 Å². The first kappa shape index (κ1) is 15.1. The number of urea groups is 1. The molecule has 1 aromatic heterocycles. The Morgan fingerprint density at radius 3 is 2.90 bits per heavy atom. The van der Waals surface area contributed by atoms with Crippen molar-refractivity contribution < 1.29 is 14.3 Å². The maximum absolute atomic E-state index is 11.9. The van der Waals surface area contributed by atoms with E-state index >= 15 is 0 Å². The molecule has 1 aromatic rings. The van der Waals surface area contributed by atoms with Gasteiger partial charge in [-0.1, -0.05) is 0 Å².